The van der Waals surface area contributed by atoms with E-state index >= 15 is 0 Å². The van der Waals surface area contributed by atoms with Crippen molar-refractivity contribution in [3.8, 4) is 0 Å². The SMILES string of the molecule is CCC(C(=O)Nc1cc(C)ccc1C)n1ccc(C(=O)Nc2cc(C)ccc2C)n1. The Morgan fingerprint density at radius 3 is 2.03 bits per heavy atom. The Morgan fingerprint density at radius 1 is 0.900 bits per heavy atom. The van der Waals surface area contributed by atoms with Gasteiger partial charge in [0.25, 0.3) is 5.91 Å². The highest BCUT2D eigenvalue weighted by Crippen LogP contribution is 2.21. The number of anilines is 2. The lowest BCUT2D eigenvalue weighted by Gasteiger charge is -2.17. The Kier molecular flexibility index (Phi) is 6.35. The highest BCUT2D eigenvalue weighted by Gasteiger charge is 2.22. The summed E-state index contributed by atoms with van der Waals surface area (Å²) in [6, 6.07) is 13.0. The Labute approximate surface area is 177 Å². The minimum absolute atomic E-state index is 0.157. The maximum absolute atomic E-state index is 12.9. The van der Waals surface area contributed by atoms with Crippen molar-refractivity contribution < 1.29 is 9.59 Å². The van der Waals surface area contributed by atoms with Crippen LogP contribution in [0.5, 0.6) is 0 Å². The molecule has 1 aromatic heterocycles. The number of aromatic nitrogens is 2. The van der Waals surface area contributed by atoms with E-state index in [9.17, 15) is 9.59 Å². The molecular weight excluding hydrogens is 376 g/mol. The van der Waals surface area contributed by atoms with Crippen LogP contribution in [0.4, 0.5) is 11.4 Å². The van der Waals surface area contributed by atoms with Gasteiger partial charge in [-0.25, -0.2) is 0 Å². The van der Waals surface area contributed by atoms with E-state index in [0.717, 1.165) is 33.6 Å². The molecule has 6 heteroatoms. The summed E-state index contributed by atoms with van der Waals surface area (Å²) in [6.07, 6.45) is 2.23. The second kappa shape index (κ2) is 8.95. The van der Waals surface area contributed by atoms with Crippen molar-refractivity contribution in [1.82, 2.24) is 9.78 Å². The Morgan fingerprint density at radius 2 is 1.47 bits per heavy atom. The van der Waals surface area contributed by atoms with Gasteiger partial charge in [-0.05, 0) is 74.6 Å². The molecule has 0 saturated heterocycles. The van der Waals surface area contributed by atoms with Crippen molar-refractivity contribution in [2.75, 3.05) is 10.6 Å². The summed E-state index contributed by atoms with van der Waals surface area (Å²) < 4.78 is 1.55. The molecule has 2 aromatic carbocycles. The molecule has 6 nitrogen and oxygen atoms in total. The van der Waals surface area contributed by atoms with Crippen molar-refractivity contribution >= 4 is 23.2 Å². The van der Waals surface area contributed by atoms with E-state index in [0.29, 0.717) is 6.42 Å². The molecule has 0 spiro atoms. The van der Waals surface area contributed by atoms with E-state index in [1.54, 1.807) is 16.9 Å². The van der Waals surface area contributed by atoms with E-state index in [1.165, 1.54) is 0 Å². The van der Waals surface area contributed by atoms with Gasteiger partial charge >= 0.3 is 0 Å². The average molecular weight is 405 g/mol. The van der Waals surface area contributed by atoms with E-state index in [-0.39, 0.29) is 17.5 Å². The van der Waals surface area contributed by atoms with Crippen molar-refractivity contribution in [3.63, 3.8) is 0 Å². The summed E-state index contributed by atoms with van der Waals surface area (Å²) in [7, 11) is 0. The monoisotopic (exact) mass is 404 g/mol. The van der Waals surface area contributed by atoms with Gasteiger partial charge in [0.1, 0.15) is 6.04 Å². The third-order valence-electron chi connectivity index (χ3n) is 5.14. The summed E-state index contributed by atoms with van der Waals surface area (Å²) in [4.78, 5) is 25.5. The number of nitrogens with one attached hydrogen (secondary N) is 2. The van der Waals surface area contributed by atoms with Crippen LogP contribution in [0.1, 0.15) is 52.1 Å². The van der Waals surface area contributed by atoms with Gasteiger partial charge in [-0.15, -0.1) is 0 Å². The minimum atomic E-state index is -0.507. The normalized spacial score (nSPS) is 11.8. The van der Waals surface area contributed by atoms with Crippen molar-refractivity contribution in [3.05, 3.63) is 76.6 Å². The zero-order valence-electron chi connectivity index (χ0n) is 18.1. The van der Waals surface area contributed by atoms with Gasteiger partial charge in [0.05, 0.1) is 0 Å². The van der Waals surface area contributed by atoms with Crippen LogP contribution in [0.25, 0.3) is 0 Å². The van der Waals surface area contributed by atoms with Crippen LogP contribution in [0, 0.1) is 27.7 Å². The maximum atomic E-state index is 12.9. The second-order valence-corrected chi connectivity index (χ2v) is 7.69. The lowest BCUT2D eigenvalue weighted by atomic mass is 10.1. The lowest BCUT2D eigenvalue weighted by molar-refractivity contribution is -0.119. The Bertz CT molecular complexity index is 1080. The maximum Gasteiger partial charge on any atom is 0.276 e. The van der Waals surface area contributed by atoms with Crippen molar-refractivity contribution in [1.29, 1.82) is 0 Å². The molecule has 1 atom stereocenters. The molecule has 0 bridgehead atoms. The number of carbonyl (C=O) groups is 2. The fraction of sp³-hybridized carbons (Fsp3) is 0.292. The number of benzene rings is 2. The third kappa shape index (κ3) is 4.76. The van der Waals surface area contributed by atoms with Gasteiger partial charge in [0.2, 0.25) is 5.91 Å². The van der Waals surface area contributed by atoms with Crippen LogP contribution in [-0.2, 0) is 4.79 Å². The van der Waals surface area contributed by atoms with Crippen LogP contribution < -0.4 is 10.6 Å². The summed E-state index contributed by atoms with van der Waals surface area (Å²) in [5, 5.41) is 10.3. The lowest BCUT2D eigenvalue weighted by Crippen LogP contribution is -2.26. The second-order valence-electron chi connectivity index (χ2n) is 7.69. The molecule has 0 aliphatic rings. The summed E-state index contributed by atoms with van der Waals surface area (Å²) in [5.74, 6) is -0.456. The third-order valence-corrected chi connectivity index (χ3v) is 5.14. The smallest absolute Gasteiger partial charge is 0.276 e. The minimum Gasteiger partial charge on any atom is -0.324 e. The predicted molar refractivity (Wildman–Crippen MR) is 120 cm³/mol. The molecule has 2 N–H and O–H groups in total. The zero-order chi connectivity index (χ0) is 21.8. The van der Waals surface area contributed by atoms with Gasteiger partial charge in [-0.1, -0.05) is 31.2 Å². The standard InChI is InChI=1S/C24H28N4O2/c1-6-22(24(30)26-21-14-16(3)8-10-18(21)5)28-12-11-19(27-28)23(29)25-20-13-15(2)7-9-17(20)4/h7-14,22H,6H2,1-5H3,(H,25,29)(H,26,30). The number of nitrogens with zero attached hydrogens (tertiary/aromatic N) is 2. The Hall–Kier alpha value is -3.41. The molecule has 3 aromatic rings. The number of carbonyl (C=O) groups excluding carboxylic acids is 2. The molecular formula is C24H28N4O2. The van der Waals surface area contributed by atoms with Gasteiger partial charge in [-0.2, -0.15) is 5.10 Å². The largest absolute Gasteiger partial charge is 0.324 e. The molecule has 0 radical (unpaired) electrons. The van der Waals surface area contributed by atoms with Gasteiger partial charge in [-0.3, -0.25) is 14.3 Å². The van der Waals surface area contributed by atoms with Gasteiger partial charge in [0.15, 0.2) is 5.69 Å². The van der Waals surface area contributed by atoms with Crippen LogP contribution in [0.2, 0.25) is 0 Å². The Balaban J connectivity index is 1.75. The highest BCUT2D eigenvalue weighted by atomic mass is 16.2. The fourth-order valence-corrected chi connectivity index (χ4v) is 3.27. The predicted octanol–water partition coefficient (Wildman–Crippen LogP) is 4.96. The molecule has 156 valence electrons. The first-order valence-corrected chi connectivity index (χ1v) is 10.1. The first-order valence-electron chi connectivity index (χ1n) is 10.1. The molecule has 0 fully saturated rings. The molecule has 0 saturated carbocycles. The molecule has 0 aliphatic carbocycles. The average Bonchev–Trinajstić information content (AvgIpc) is 3.18. The summed E-state index contributed by atoms with van der Waals surface area (Å²) in [5.41, 5.74) is 5.94. The van der Waals surface area contributed by atoms with Gasteiger partial charge in [0, 0.05) is 17.6 Å². The molecule has 3 rings (SSSR count). The fourth-order valence-electron chi connectivity index (χ4n) is 3.27. The van der Waals surface area contributed by atoms with Crippen molar-refractivity contribution in [2.24, 2.45) is 0 Å². The number of aryl methyl sites for hydroxylation is 4. The number of amides is 2. The quantitative estimate of drug-likeness (QED) is 0.610. The van der Waals surface area contributed by atoms with E-state index < -0.39 is 6.04 Å². The van der Waals surface area contributed by atoms with Crippen molar-refractivity contribution in [2.45, 2.75) is 47.1 Å². The van der Waals surface area contributed by atoms with E-state index in [4.69, 9.17) is 0 Å². The number of hydrogen-bond acceptors (Lipinski definition) is 3. The first kappa shape index (κ1) is 21.3. The van der Waals surface area contributed by atoms with Crippen LogP contribution in [0.3, 0.4) is 0 Å². The van der Waals surface area contributed by atoms with Crippen LogP contribution >= 0.6 is 0 Å². The topological polar surface area (TPSA) is 76.0 Å². The number of rotatable bonds is 6. The molecule has 2 amide bonds. The molecule has 1 unspecified atom stereocenters. The number of hydrogen-bond donors (Lipinski definition) is 2. The molecule has 0 aliphatic heterocycles. The van der Waals surface area contributed by atoms with E-state index in [1.807, 2.05) is 71.0 Å². The summed E-state index contributed by atoms with van der Waals surface area (Å²) in [6.45, 7) is 9.79. The zero-order valence-corrected chi connectivity index (χ0v) is 18.1. The summed E-state index contributed by atoms with van der Waals surface area (Å²) >= 11 is 0. The van der Waals surface area contributed by atoms with Crippen LogP contribution in [0.15, 0.2) is 48.7 Å². The highest BCUT2D eigenvalue weighted by molar-refractivity contribution is 6.03. The molecule has 1 heterocycles. The van der Waals surface area contributed by atoms with E-state index in [2.05, 4.69) is 15.7 Å². The first-order chi connectivity index (χ1) is 14.3. The van der Waals surface area contributed by atoms with Crippen LogP contribution in [-0.4, -0.2) is 21.6 Å². The molecule has 30 heavy (non-hydrogen) atoms. The van der Waals surface area contributed by atoms with Gasteiger partial charge < -0.3 is 10.6 Å².